The molecule has 0 radical (unpaired) electrons. The SMILES string of the molecule is COc1ccccc1-c1nnc(-c2ccc3c(c2)OC(=O)C3C)o1. The van der Waals surface area contributed by atoms with Gasteiger partial charge in [0.15, 0.2) is 0 Å². The number of methoxy groups -OCH3 is 1. The van der Waals surface area contributed by atoms with Crippen LogP contribution in [0.3, 0.4) is 0 Å². The molecule has 0 N–H and O–H groups in total. The van der Waals surface area contributed by atoms with Crippen LogP contribution in [0.4, 0.5) is 0 Å². The highest BCUT2D eigenvalue weighted by molar-refractivity contribution is 5.86. The molecule has 0 amide bonds. The molecule has 0 aliphatic carbocycles. The van der Waals surface area contributed by atoms with E-state index in [4.69, 9.17) is 13.9 Å². The predicted molar refractivity (Wildman–Crippen MR) is 85.8 cm³/mol. The lowest BCUT2D eigenvalue weighted by atomic mass is 10.0. The van der Waals surface area contributed by atoms with E-state index in [2.05, 4.69) is 10.2 Å². The fourth-order valence-electron chi connectivity index (χ4n) is 2.71. The lowest BCUT2D eigenvalue weighted by Crippen LogP contribution is -2.05. The lowest BCUT2D eigenvalue weighted by molar-refractivity contribution is -0.133. The minimum absolute atomic E-state index is 0.248. The maximum atomic E-state index is 11.7. The average molecular weight is 322 g/mol. The van der Waals surface area contributed by atoms with Gasteiger partial charge >= 0.3 is 5.97 Å². The summed E-state index contributed by atoms with van der Waals surface area (Å²) in [5, 5.41) is 8.18. The van der Waals surface area contributed by atoms with Gasteiger partial charge in [0.2, 0.25) is 5.89 Å². The van der Waals surface area contributed by atoms with E-state index in [1.54, 1.807) is 13.2 Å². The number of rotatable bonds is 3. The van der Waals surface area contributed by atoms with Crippen molar-refractivity contribution in [2.45, 2.75) is 12.8 Å². The summed E-state index contributed by atoms with van der Waals surface area (Å²) < 4.78 is 16.3. The predicted octanol–water partition coefficient (Wildman–Crippen LogP) is 3.43. The van der Waals surface area contributed by atoms with Crippen molar-refractivity contribution in [1.82, 2.24) is 10.2 Å². The van der Waals surface area contributed by atoms with Crippen molar-refractivity contribution in [2.24, 2.45) is 0 Å². The molecule has 6 nitrogen and oxygen atoms in total. The summed E-state index contributed by atoms with van der Waals surface area (Å²) in [7, 11) is 1.59. The molecule has 3 aromatic rings. The first-order valence-electron chi connectivity index (χ1n) is 7.50. The number of benzene rings is 2. The number of para-hydroxylation sites is 1. The number of carbonyl (C=O) groups is 1. The van der Waals surface area contributed by atoms with Crippen LogP contribution in [0.15, 0.2) is 46.9 Å². The van der Waals surface area contributed by atoms with Crippen LogP contribution < -0.4 is 9.47 Å². The van der Waals surface area contributed by atoms with E-state index < -0.39 is 0 Å². The highest BCUT2D eigenvalue weighted by atomic mass is 16.5. The Hall–Kier alpha value is -3.15. The third kappa shape index (κ3) is 2.23. The van der Waals surface area contributed by atoms with Crippen LogP contribution in [0.25, 0.3) is 22.9 Å². The monoisotopic (exact) mass is 322 g/mol. The van der Waals surface area contributed by atoms with Gasteiger partial charge in [-0.1, -0.05) is 18.2 Å². The Balaban J connectivity index is 1.71. The van der Waals surface area contributed by atoms with Crippen molar-refractivity contribution in [2.75, 3.05) is 7.11 Å². The first-order chi connectivity index (χ1) is 11.7. The van der Waals surface area contributed by atoms with E-state index in [-0.39, 0.29) is 11.9 Å². The van der Waals surface area contributed by atoms with Gasteiger partial charge < -0.3 is 13.9 Å². The number of fused-ring (bicyclic) bond motifs is 1. The average Bonchev–Trinajstić information content (AvgIpc) is 3.20. The second-order valence-corrected chi connectivity index (χ2v) is 5.51. The van der Waals surface area contributed by atoms with E-state index in [0.717, 1.165) is 11.1 Å². The minimum atomic E-state index is -0.249. The van der Waals surface area contributed by atoms with E-state index in [0.29, 0.717) is 28.8 Å². The van der Waals surface area contributed by atoms with Crippen LogP contribution in [0, 0.1) is 0 Å². The molecular formula is C18H14N2O4. The number of carbonyl (C=O) groups excluding carboxylic acids is 1. The van der Waals surface area contributed by atoms with E-state index >= 15 is 0 Å². The molecule has 2 aromatic carbocycles. The van der Waals surface area contributed by atoms with E-state index in [1.807, 2.05) is 43.3 Å². The molecule has 1 aromatic heterocycles. The zero-order valence-electron chi connectivity index (χ0n) is 13.1. The molecule has 1 unspecified atom stereocenters. The molecule has 0 bridgehead atoms. The Labute approximate surface area is 138 Å². The highest BCUT2D eigenvalue weighted by Gasteiger charge is 2.29. The molecule has 6 heteroatoms. The largest absolute Gasteiger partial charge is 0.496 e. The molecule has 2 heterocycles. The van der Waals surface area contributed by atoms with Crippen molar-refractivity contribution in [1.29, 1.82) is 0 Å². The van der Waals surface area contributed by atoms with Crippen molar-refractivity contribution in [3.8, 4) is 34.4 Å². The fourth-order valence-corrected chi connectivity index (χ4v) is 2.71. The maximum absolute atomic E-state index is 11.7. The van der Waals surface area contributed by atoms with Gasteiger partial charge in [-0.05, 0) is 31.2 Å². The molecule has 24 heavy (non-hydrogen) atoms. The fraction of sp³-hybridized carbons (Fsp3) is 0.167. The molecule has 0 saturated carbocycles. The first-order valence-corrected chi connectivity index (χ1v) is 7.50. The molecular weight excluding hydrogens is 308 g/mol. The topological polar surface area (TPSA) is 74.5 Å². The Kier molecular flexibility index (Phi) is 3.30. The van der Waals surface area contributed by atoms with Crippen LogP contribution in [-0.2, 0) is 4.79 Å². The number of esters is 1. The summed E-state index contributed by atoms with van der Waals surface area (Å²) in [4.78, 5) is 11.7. The second-order valence-electron chi connectivity index (χ2n) is 5.51. The Morgan fingerprint density at radius 1 is 1.08 bits per heavy atom. The molecule has 120 valence electrons. The van der Waals surface area contributed by atoms with Gasteiger partial charge in [0, 0.05) is 11.1 Å². The quantitative estimate of drug-likeness (QED) is 0.543. The molecule has 1 atom stereocenters. The van der Waals surface area contributed by atoms with Gasteiger partial charge in [-0.25, -0.2) is 0 Å². The van der Waals surface area contributed by atoms with Crippen LogP contribution >= 0.6 is 0 Å². The molecule has 0 saturated heterocycles. The van der Waals surface area contributed by atoms with Crippen molar-refractivity contribution in [3.63, 3.8) is 0 Å². The minimum Gasteiger partial charge on any atom is -0.496 e. The van der Waals surface area contributed by atoms with Gasteiger partial charge in [-0.2, -0.15) is 0 Å². The zero-order valence-corrected chi connectivity index (χ0v) is 13.1. The number of hydrogen-bond donors (Lipinski definition) is 0. The lowest BCUT2D eigenvalue weighted by Gasteiger charge is -2.03. The Morgan fingerprint density at radius 2 is 1.88 bits per heavy atom. The standard InChI is InChI=1S/C18H14N2O4/c1-10-12-8-7-11(9-15(12)23-18(10)21)16-19-20-17(24-16)13-5-3-4-6-14(13)22-2/h3-10H,1-2H3. The third-order valence-corrected chi connectivity index (χ3v) is 4.05. The summed E-state index contributed by atoms with van der Waals surface area (Å²) in [5.41, 5.74) is 2.29. The number of nitrogens with zero attached hydrogens (tertiary/aromatic N) is 2. The summed E-state index contributed by atoms with van der Waals surface area (Å²) in [6, 6.07) is 12.9. The van der Waals surface area contributed by atoms with Gasteiger partial charge in [-0.3, -0.25) is 4.79 Å². The summed E-state index contributed by atoms with van der Waals surface area (Å²) in [5.74, 6) is 1.43. The van der Waals surface area contributed by atoms with Crippen LogP contribution in [0.2, 0.25) is 0 Å². The zero-order chi connectivity index (χ0) is 16.7. The molecule has 4 rings (SSSR count). The maximum Gasteiger partial charge on any atom is 0.318 e. The van der Waals surface area contributed by atoms with Crippen molar-refractivity contribution >= 4 is 5.97 Å². The van der Waals surface area contributed by atoms with Crippen LogP contribution in [0.1, 0.15) is 18.4 Å². The van der Waals surface area contributed by atoms with Crippen molar-refractivity contribution < 1.29 is 18.7 Å². The van der Waals surface area contributed by atoms with Crippen LogP contribution in [-0.4, -0.2) is 23.3 Å². The second kappa shape index (κ2) is 5.49. The van der Waals surface area contributed by atoms with Crippen LogP contribution in [0.5, 0.6) is 11.5 Å². The smallest absolute Gasteiger partial charge is 0.318 e. The first kappa shape index (κ1) is 14.4. The number of hydrogen-bond acceptors (Lipinski definition) is 6. The molecule has 0 spiro atoms. The van der Waals surface area contributed by atoms with E-state index in [9.17, 15) is 4.79 Å². The normalized spacial score (nSPS) is 15.9. The third-order valence-electron chi connectivity index (χ3n) is 4.05. The Bertz CT molecular complexity index is 932. The van der Waals surface area contributed by atoms with Gasteiger partial charge in [0.05, 0.1) is 18.6 Å². The highest BCUT2D eigenvalue weighted by Crippen LogP contribution is 2.38. The van der Waals surface area contributed by atoms with E-state index in [1.165, 1.54) is 0 Å². The molecule has 1 aliphatic heterocycles. The number of ether oxygens (including phenoxy) is 2. The summed E-state index contributed by atoms with van der Waals surface area (Å²) >= 11 is 0. The van der Waals surface area contributed by atoms with Gasteiger partial charge in [0.25, 0.3) is 5.89 Å². The number of aromatic nitrogens is 2. The van der Waals surface area contributed by atoms with Crippen molar-refractivity contribution in [3.05, 3.63) is 48.0 Å². The van der Waals surface area contributed by atoms with Gasteiger partial charge in [-0.15, -0.1) is 10.2 Å². The van der Waals surface area contributed by atoms with Gasteiger partial charge in [0.1, 0.15) is 11.5 Å². The molecule has 1 aliphatic rings. The Morgan fingerprint density at radius 3 is 2.71 bits per heavy atom. The summed E-state index contributed by atoms with van der Waals surface area (Å²) in [6.45, 7) is 1.82. The molecule has 0 fully saturated rings. The summed E-state index contributed by atoms with van der Waals surface area (Å²) in [6.07, 6.45) is 0.